The number of rotatable bonds is 7. The zero-order valence-corrected chi connectivity index (χ0v) is 20.6. The molecule has 3 nitrogen and oxygen atoms in total. The van der Waals surface area contributed by atoms with Gasteiger partial charge in [0, 0.05) is 0 Å². The van der Waals surface area contributed by atoms with Gasteiger partial charge in [0.15, 0.2) is 0 Å². The van der Waals surface area contributed by atoms with Crippen LogP contribution in [0.5, 0.6) is 17.2 Å². The van der Waals surface area contributed by atoms with Crippen LogP contribution in [0.3, 0.4) is 0 Å². The van der Waals surface area contributed by atoms with Crippen LogP contribution in [0, 0.1) is 0 Å². The molecule has 0 aromatic heterocycles. The molecule has 0 unspecified atom stereocenters. The number of hydrogen-bond donors (Lipinski definition) is 1. The van der Waals surface area contributed by atoms with Crippen LogP contribution in [0.15, 0.2) is 103 Å². The van der Waals surface area contributed by atoms with Crippen LogP contribution in [0.2, 0.25) is 0 Å². The van der Waals surface area contributed by atoms with E-state index < -0.39 is 5.31 Å². The van der Waals surface area contributed by atoms with Crippen molar-refractivity contribution in [3.8, 4) is 17.2 Å². The average Bonchev–Trinajstić information content (AvgIpc) is 2.86. The van der Waals surface area contributed by atoms with Gasteiger partial charge in [-0.3, -0.25) is 0 Å². The van der Waals surface area contributed by atoms with Crippen molar-refractivity contribution in [1.82, 2.24) is 0 Å². The third kappa shape index (κ3) is 3.68. The maximum atomic E-state index is 11.0. The molecule has 164 valence electrons. The Kier molecular flexibility index (Phi) is 6.28. The monoisotopic (exact) mass is 508 g/mol. The molecule has 1 N–H and O–H groups in total. The van der Waals surface area contributed by atoms with Gasteiger partial charge in [0.1, 0.15) is 0 Å². The van der Waals surface area contributed by atoms with Gasteiger partial charge in [0.25, 0.3) is 0 Å². The molecule has 0 saturated heterocycles. The quantitative estimate of drug-likeness (QED) is 0.323. The van der Waals surface area contributed by atoms with E-state index in [9.17, 15) is 5.11 Å². The summed E-state index contributed by atoms with van der Waals surface area (Å²) in [7, 11) is 3.18. The summed E-state index contributed by atoms with van der Waals surface area (Å²) >= 11 is 4.42. The Labute approximate surface area is 197 Å². The van der Waals surface area contributed by atoms with Gasteiger partial charge in [-0.15, -0.1) is 0 Å². The normalized spacial score (nSPS) is 12.5. The summed E-state index contributed by atoms with van der Waals surface area (Å²) in [5, 5.41) is 11.4. The number of halogens is 1. The van der Waals surface area contributed by atoms with Crippen LogP contribution in [-0.2, 0) is 6.16 Å². The van der Waals surface area contributed by atoms with E-state index in [1.165, 1.54) is 15.9 Å². The van der Waals surface area contributed by atoms with E-state index in [2.05, 4.69) is 88.3 Å². The van der Waals surface area contributed by atoms with Gasteiger partial charge in [-0.25, -0.2) is 0 Å². The summed E-state index contributed by atoms with van der Waals surface area (Å²) in [5.41, 5.74) is 0.786. The van der Waals surface area contributed by atoms with E-state index in [-0.39, 0.29) is 5.75 Å². The molecule has 0 radical (unpaired) electrons. The molecule has 5 heteroatoms. The number of phenols is 1. The van der Waals surface area contributed by atoms with Crippen molar-refractivity contribution < 1.29 is 14.6 Å². The van der Waals surface area contributed by atoms with Gasteiger partial charge in [0.05, 0.1) is 0 Å². The van der Waals surface area contributed by atoms with Crippen molar-refractivity contribution in [1.29, 1.82) is 0 Å². The minimum absolute atomic E-state index is 0.180. The Hall–Kier alpha value is -2.81. The fourth-order valence-corrected chi connectivity index (χ4v) is 11.9. The molecule has 4 aromatic rings. The van der Waals surface area contributed by atoms with Crippen LogP contribution >= 0.6 is 20.8 Å². The van der Waals surface area contributed by atoms with E-state index in [1.54, 1.807) is 20.3 Å². The molecule has 4 rings (SSSR count). The van der Waals surface area contributed by atoms with E-state index in [4.69, 9.17) is 9.47 Å². The Morgan fingerprint density at radius 3 is 1.41 bits per heavy atom. The Morgan fingerprint density at radius 1 is 0.656 bits per heavy atom. The predicted molar refractivity (Wildman–Crippen MR) is 139 cm³/mol. The first kappa shape index (κ1) is 22.4. The second kappa shape index (κ2) is 8.97. The molecule has 0 aliphatic carbocycles. The topological polar surface area (TPSA) is 38.7 Å². The van der Waals surface area contributed by atoms with Crippen molar-refractivity contribution in [2.45, 2.75) is 6.16 Å². The fourth-order valence-electron chi connectivity index (χ4n) is 4.29. The number of methoxy groups -OCH3 is 2. The number of benzene rings is 4. The molecule has 0 aliphatic heterocycles. The summed E-state index contributed by atoms with van der Waals surface area (Å²) in [4.78, 5) is 0. The fraction of sp³-hybridized carbons (Fsp3) is 0.111. The number of hydrogen-bond acceptors (Lipinski definition) is 3. The molecule has 0 spiro atoms. The first-order valence-electron chi connectivity index (χ1n) is 10.3. The molecule has 0 atom stereocenters. The summed E-state index contributed by atoms with van der Waals surface area (Å²) < 4.78 is 11.0. The molecule has 0 heterocycles. The van der Waals surface area contributed by atoms with Gasteiger partial charge in [-0.05, 0) is 0 Å². The number of phenolic OH excluding ortho intramolecular Hbond substituents is 1. The minimum atomic E-state index is -3.22. The van der Waals surface area contributed by atoms with E-state index in [0.29, 0.717) is 17.7 Å². The molecular formula is C27H26BrO3P. The van der Waals surface area contributed by atoms with Crippen molar-refractivity contribution in [2.75, 3.05) is 14.2 Å². The second-order valence-electron chi connectivity index (χ2n) is 7.68. The van der Waals surface area contributed by atoms with Crippen molar-refractivity contribution in [3.63, 3.8) is 0 Å². The Morgan fingerprint density at radius 2 is 1.03 bits per heavy atom. The third-order valence-electron chi connectivity index (χ3n) is 5.94. The van der Waals surface area contributed by atoms with E-state index in [1.807, 2.05) is 24.3 Å². The molecule has 0 bridgehead atoms. The third-order valence-corrected chi connectivity index (χ3v) is 15.4. The van der Waals surface area contributed by atoms with Gasteiger partial charge < -0.3 is 0 Å². The first-order valence-corrected chi connectivity index (χ1v) is 14.8. The van der Waals surface area contributed by atoms with Gasteiger partial charge >= 0.3 is 198 Å². The molecule has 32 heavy (non-hydrogen) atoms. The maximum absolute atomic E-state index is 11.0. The van der Waals surface area contributed by atoms with Gasteiger partial charge in [-0.2, -0.15) is 0 Å². The summed E-state index contributed by atoms with van der Waals surface area (Å²) in [6.45, 7) is 0. The van der Waals surface area contributed by atoms with E-state index >= 15 is 0 Å². The summed E-state index contributed by atoms with van der Waals surface area (Å²) in [6, 6.07) is 35.0. The van der Waals surface area contributed by atoms with Gasteiger partial charge in [-0.1, -0.05) is 0 Å². The Bertz CT molecular complexity index is 1100. The molecule has 0 aliphatic rings. The van der Waals surface area contributed by atoms with Crippen molar-refractivity contribution >= 4 is 36.7 Å². The van der Waals surface area contributed by atoms with Crippen LogP contribution in [0.25, 0.3) is 0 Å². The van der Waals surface area contributed by atoms with Crippen LogP contribution in [0.4, 0.5) is 0 Å². The van der Waals surface area contributed by atoms with Gasteiger partial charge in [0.2, 0.25) is 0 Å². The molecule has 0 saturated carbocycles. The van der Waals surface area contributed by atoms with Crippen molar-refractivity contribution in [2.24, 2.45) is 0 Å². The summed E-state index contributed by atoms with van der Waals surface area (Å²) in [6.07, 6.45) is 0.565. The molecule has 0 amide bonds. The van der Waals surface area contributed by atoms with Crippen LogP contribution in [0.1, 0.15) is 5.56 Å². The molecular weight excluding hydrogens is 483 g/mol. The number of ether oxygens (including phenoxy) is 2. The standard InChI is InChI=1S/C27H26BrO3P/c1-30-26-18-21(25(29)19-27(26)31-2)20-32(28,22-12-6-3-7-13-22,23-14-8-4-9-15-23)24-16-10-5-11-17-24/h3-19,29H,20H2,1-2H3. The summed E-state index contributed by atoms with van der Waals surface area (Å²) in [5.74, 6) is 1.27. The average molecular weight is 509 g/mol. The number of aromatic hydroxyl groups is 1. The second-order valence-corrected chi connectivity index (χ2v) is 16.6. The Balaban J connectivity index is 2.08. The van der Waals surface area contributed by atoms with Crippen molar-refractivity contribution in [3.05, 3.63) is 109 Å². The van der Waals surface area contributed by atoms with Crippen LogP contribution < -0.4 is 25.4 Å². The first-order chi connectivity index (χ1) is 15.5. The molecule has 0 fully saturated rings. The van der Waals surface area contributed by atoms with E-state index in [0.717, 1.165) is 5.56 Å². The zero-order chi connectivity index (χ0) is 22.6. The SMILES string of the molecule is COc1cc(O)c(CP(Br)(c2ccccc2)(c2ccccc2)c2ccccc2)cc1OC. The predicted octanol–water partition coefficient (Wildman–Crippen LogP) is 5.75. The van der Waals surface area contributed by atoms with Crippen LogP contribution in [-0.4, -0.2) is 19.3 Å². The molecule has 4 aromatic carbocycles. The zero-order valence-electron chi connectivity index (χ0n) is 18.1.